The van der Waals surface area contributed by atoms with Crippen LogP contribution in [-0.4, -0.2) is 21.0 Å². The number of nitrogens with one attached hydrogen (secondary N) is 3. The summed E-state index contributed by atoms with van der Waals surface area (Å²) in [5.74, 6) is -0.375. The molecule has 1 atom stereocenters. The van der Waals surface area contributed by atoms with E-state index in [-0.39, 0.29) is 11.0 Å². The van der Waals surface area contributed by atoms with Gasteiger partial charge in [-0.05, 0) is 42.2 Å². The third-order valence-electron chi connectivity index (χ3n) is 4.31. The molecule has 29 heavy (non-hydrogen) atoms. The minimum Gasteiger partial charge on any atom is -0.339 e. The second kappa shape index (κ2) is 9.18. The molecule has 1 amide bonds. The van der Waals surface area contributed by atoms with Gasteiger partial charge in [0.1, 0.15) is 6.17 Å². The number of hydrogen-bond acceptors (Lipinski definition) is 2. The SMILES string of the molecule is Cc1ccccc1C(=O)N[C@@H](NC(=S)Nc1cccc2ccccc12)C(Cl)(Cl)Cl. The Morgan fingerprint density at radius 2 is 1.59 bits per heavy atom. The number of benzene rings is 3. The molecule has 0 radical (unpaired) electrons. The second-order valence-electron chi connectivity index (χ2n) is 6.39. The van der Waals surface area contributed by atoms with Crippen LogP contribution in [0.15, 0.2) is 66.7 Å². The summed E-state index contributed by atoms with van der Waals surface area (Å²) < 4.78 is -1.83. The molecule has 0 saturated carbocycles. The van der Waals surface area contributed by atoms with Crippen molar-refractivity contribution < 1.29 is 4.79 Å². The van der Waals surface area contributed by atoms with E-state index in [9.17, 15) is 4.79 Å². The molecule has 0 fully saturated rings. The number of thiocarbonyl (C=S) groups is 1. The highest BCUT2D eigenvalue weighted by Crippen LogP contribution is 2.30. The molecule has 4 nitrogen and oxygen atoms in total. The lowest BCUT2D eigenvalue weighted by molar-refractivity contribution is 0.0934. The van der Waals surface area contributed by atoms with Crippen molar-refractivity contribution in [1.82, 2.24) is 10.6 Å². The van der Waals surface area contributed by atoms with Crippen LogP contribution < -0.4 is 16.0 Å². The molecule has 0 unspecified atom stereocenters. The molecule has 150 valence electrons. The Morgan fingerprint density at radius 1 is 0.931 bits per heavy atom. The number of anilines is 1. The molecule has 0 aromatic heterocycles. The summed E-state index contributed by atoms with van der Waals surface area (Å²) in [5, 5.41) is 10.9. The van der Waals surface area contributed by atoms with Crippen LogP contribution in [0.3, 0.4) is 0 Å². The highest BCUT2D eigenvalue weighted by molar-refractivity contribution is 7.80. The molecular weight excluding hydrogens is 449 g/mol. The lowest BCUT2D eigenvalue weighted by Crippen LogP contribution is -2.56. The van der Waals surface area contributed by atoms with E-state index < -0.39 is 9.96 Å². The monoisotopic (exact) mass is 465 g/mol. The minimum absolute atomic E-state index is 0.211. The summed E-state index contributed by atoms with van der Waals surface area (Å²) in [6.07, 6.45) is -1.05. The van der Waals surface area contributed by atoms with Crippen LogP contribution in [0.5, 0.6) is 0 Å². The summed E-state index contributed by atoms with van der Waals surface area (Å²) in [4.78, 5) is 12.6. The van der Waals surface area contributed by atoms with Crippen LogP contribution in [-0.2, 0) is 0 Å². The molecule has 0 aliphatic rings. The highest BCUT2D eigenvalue weighted by atomic mass is 35.6. The van der Waals surface area contributed by atoms with Crippen molar-refractivity contribution in [3.05, 3.63) is 77.9 Å². The van der Waals surface area contributed by atoms with Gasteiger partial charge in [-0.2, -0.15) is 0 Å². The molecule has 3 aromatic rings. The van der Waals surface area contributed by atoms with E-state index in [0.717, 1.165) is 22.0 Å². The third-order valence-corrected chi connectivity index (χ3v) is 5.18. The zero-order chi connectivity index (χ0) is 21.0. The third kappa shape index (κ3) is 5.52. The first-order valence-corrected chi connectivity index (χ1v) is 10.3. The van der Waals surface area contributed by atoms with E-state index in [1.54, 1.807) is 12.1 Å². The van der Waals surface area contributed by atoms with Crippen molar-refractivity contribution in [2.75, 3.05) is 5.32 Å². The summed E-state index contributed by atoms with van der Waals surface area (Å²) in [5.41, 5.74) is 2.10. The van der Waals surface area contributed by atoms with Gasteiger partial charge in [0.15, 0.2) is 5.11 Å². The first-order valence-electron chi connectivity index (χ1n) is 8.74. The van der Waals surface area contributed by atoms with Crippen LogP contribution in [0.2, 0.25) is 0 Å². The van der Waals surface area contributed by atoms with Crippen LogP contribution in [0.25, 0.3) is 10.8 Å². The van der Waals surface area contributed by atoms with Gasteiger partial charge in [-0.1, -0.05) is 89.4 Å². The molecule has 0 heterocycles. The molecule has 0 saturated heterocycles. The molecule has 3 aromatic carbocycles. The quantitative estimate of drug-likeness (QED) is 0.268. The number of amides is 1. The smallest absolute Gasteiger partial charge is 0.253 e. The van der Waals surface area contributed by atoms with Gasteiger partial charge in [-0.25, -0.2) is 0 Å². The number of rotatable bonds is 4. The Morgan fingerprint density at radius 3 is 2.31 bits per heavy atom. The first kappa shape index (κ1) is 21.7. The fourth-order valence-electron chi connectivity index (χ4n) is 2.86. The van der Waals surface area contributed by atoms with Gasteiger partial charge in [0, 0.05) is 16.6 Å². The molecule has 0 bridgehead atoms. The average molecular weight is 467 g/mol. The number of carbonyl (C=O) groups excluding carboxylic acids is 1. The van der Waals surface area contributed by atoms with E-state index in [4.69, 9.17) is 47.0 Å². The van der Waals surface area contributed by atoms with Gasteiger partial charge in [-0.3, -0.25) is 4.79 Å². The number of hydrogen-bond donors (Lipinski definition) is 3. The van der Waals surface area contributed by atoms with Crippen molar-refractivity contribution in [3.8, 4) is 0 Å². The maximum absolute atomic E-state index is 12.6. The fraction of sp³-hybridized carbons (Fsp3) is 0.143. The lowest BCUT2D eigenvalue weighted by Gasteiger charge is -2.28. The topological polar surface area (TPSA) is 53.2 Å². The number of halogens is 3. The Hall–Kier alpha value is -2.05. The van der Waals surface area contributed by atoms with E-state index in [1.165, 1.54) is 0 Å². The van der Waals surface area contributed by atoms with Gasteiger partial charge >= 0.3 is 0 Å². The lowest BCUT2D eigenvalue weighted by atomic mass is 10.1. The molecular formula is C21H18Cl3N3OS. The van der Waals surface area contributed by atoms with E-state index in [0.29, 0.717) is 5.56 Å². The van der Waals surface area contributed by atoms with Crippen molar-refractivity contribution in [3.63, 3.8) is 0 Å². The van der Waals surface area contributed by atoms with Gasteiger partial charge < -0.3 is 16.0 Å². The van der Waals surface area contributed by atoms with E-state index in [2.05, 4.69) is 16.0 Å². The van der Waals surface area contributed by atoms with Crippen molar-refractivity contribution in [1.29, 1.82) is 0 Å². The molecule has 3 rings (SSSR count). The maximum Gasteiger partial charge on any atom is 0.253 e. The van der Waals surface area contributed by atoms with Gasteiger partial charge in [0.05, 0.1) is 0 Å². The Balaban J connectivity index is 1.76. The zero-order valence-corrected chi connectivity index (χ0v) is 18.5. The normalized spacial score (nSPS) is 12.3. The van der Waals surface area contributed by atoms with Crippen molar-refractivity contribution in [2.45, 2.75) is 16.9 Å². The van der Waals surface area contributed by atoms with Crippen LogP contribution in [0.1, 0.15) is 15.9 Å². The number of aryl methyl sites for hydroxylation is 1. The number of fused-ring (bicyclic) bond motifs is 1. The Kier molecular flexibility index (Phi) is 6.85. The van der Waals surface area contributed by atoms with Crippen molar-refractivity contribution >= 4 is 74.5 Å². The number of carbonyl (C=O) groups is 1. The maximum atomic E-state index is 12.6. The average Bonchev–Trinajstić information content (AvgIpc) is 2.67. The highest BCUT2D eigenvalue weighted by Gasteiger charge is 2.35. The summed E-state index contributed by atoms with van der Waals surface area (Å²) >= 11 is 23.6. The molecule has 0 aliphatic carbocycles. The Bertz CT molecular complexity index is 1050. The molecule has 0 aliphatic heterocycles. The van der Waals surface area contributed by atoms with E-state index in [1.807, 2.05) is 61.5 Å². The standard InChI is InChI=1S/C21H18Cl3N3OS/c1-13-7-2-4-10-15(13)18(28)26-19(21(22,23)24)27-20(29)25-17-12-6-9-14-8-3-5-11-16(14)17/h2-12,19H,1H3,(H,26,28)(H2,25,27,29)/t19-/m0/s1. The minimum atomic E-state index is -1.83. The van der Waals surface area contributed by atoms with E-state index >= 15 is 0 Å². The summed E-state index contributed by atoms with van der Waals surface area (Å²) in [6, 6.07) is 20.9. The number of alkyl halides is 3. The van der Waals surface area contributed by atoms with Crippen LogP contribution in [0.4, 0.5) is 5.69 Å². The Labute approximate surface area is 189 Å². The summed E-state index contributed by atoms with van der Waals surface area (Å²) in [6.45, 7) is 1.83. The largest absolute Gasteiger partial charge is 0.339 e. The first-order chi connectivity index (χ1) is 13.8. The predicted octanol–water partition coefficient (Wildman–Crippen LogP) is 5.56. The zero-order valence-electron chi connectivity index (χ0n) is 15.4. The van der Waals surface area contributed by atoms with Crippen LogP contribution >= 0.6 is 47.0 Å². The fourth-order valence-corrected chi connectivity index (χ4v) is 3.42. The van der Waals surface area contributed by atoms with Crippen molar-refractivity contribution in [2.24, 2.45) is 0 Å². The predicted molar refractivity (Wildman–Crippen MR) is 126 cm³/mol. The van der Waals surface area contributed by atoms with Gasteiger partial charge in [-0.15, -0.1) is 0 Å². The molecule has 3 N–H and O–H groups in total. The summed E-state index contributed by atoms with van der Waals surface area (Å²) in [7, 11) is 0. The molecule has 8 heteroatoms. The van der Waals surface area contributed by atoms with Crippen LogP contribution in [0, 0.1) is 6.92 Å². The second-order valence-corrected chi connectivity index (χ2v) is 9.17. The van der Waals surface area contributed by atoms with Gasteiger partial charge in [0.25, 0.3) is 5.91 Å². The van der Waals surface area contributed by atoms with Gasteiger partial charge in [0.2, 0.25) is 3.79 Å². The molecule has 0 spiro atoms.